The molecule has 0 aliphatic carbocycles. The number of ether oxygens (including phenoxy) is 1. The van der Waals surface area contributed by atoms with Crippen molar-refractivity contribution in [1.82, 2.24) is 0 Å². The molecule has 0 bridgehead atoms. The lowest BCUT2D eigenvalue weighted by Gasteiger charge is -2.18. The van der Waals surface area contributed by atoms with E-state index in [-0.39, 0.29) is 5.41 Å². The van der Waals surface area contributed by atoms with Crippen molar-refractivity contribution < 1.29 is 4.74 Å². The molecule has 0 radical (unpaired) electrons. The SMILES string of the molecule is CC(C)(C)COc1ccc(N)cc1.Cc1cc(-c2ccc(N)c(C)c2)ccc1N. The van der Waals surface area contributed by atoms with Crippen molar-refractivity contribution in [1.29, 1.82) is 0 Å². The number of nitrogens with two attached hydrogens (primary N) is 3. The van der Waals surface area contributed by atoms with E-state index >= 15 is 0 Å². The van der Waals surface area contributed by atoms with Crippen molar-refractivity contribution in [3.63, 3.8) is 0 Å². The number of benzene rings is 3. The zero-order valence-electron chi connectivity index (χ0n) is 18.1. The first-order valence-corrected chi connectivity index (χ1v) is 9.76. The van der Waals surface area contributed by atoms with Gasteiger partial charge in [0.05, 0.1) is 6.61 Å². The van der Waals surface area contributed by atoms with E-state index in [2.05, 4.69) is 32.9 Å². The smallest absolute Gasteiger partial charge is 0.119 e. The summed E-state index contributed by atoms with van der Waals surface area (Å²) in [6.07, 6.45) is 0. The van der Waals surface area contributed by atoms with Crippen LogP contribution in [-0.4, -0.2) is 6.61 Å². The van der Waals surface area contributed by atoms with E-state index in [4.69, 9.17) is 21.9 Å². The summed E-state index contributed by atoms with van der Waals surface area (Å²) in [4.78, 5) is 0. The van der Waals surface area contributed by atoms with Crippen molar-refractivity contribution in [2.24, 2.45) is 5.41 Å². The lowest BCUT2D eigenvalue weighted by Crippen LogP contribution is -2.16. The molecule has 0 amide bonds. The van der Waals surface area contributed by atoms with Crippen LogP contribution in [0.3, 0.4) is 0 Å². The minimum atomic E-state index is 0.196. The van der Waals surface area contributed by atoms with Crippen molar-refractivity contribution in [2.75, 3.05) is 23.8 Å². The van der Waals surface area contributed by atoms with Crippen LogP contribution in [0.1, 0.15) is 31.9 Å². The number of rotatable bonds is 3. The topological polar surface area (TPSA) is 87.3 Å². The van der Waals surface area contributed by atoms with E-state index in [0.29, 0.717) is 0 Å². The van der Waals surface area contributed by atoms with Gasteiger partial charge in [-0.25, -0.2) is 0 Å². The Bertz CT molecular complexity index is 892. The Kier molecular flexibility index (Phi) is 7.16. The predicted octanol–water partition coefficient (Wildman–Crippen LogP) is 5.83. The highest BCUT2D eigenvalue weighted by Crippen LogP contribution is 2.26. The maximum Gasteiger partial charge on any atom is 0.119 e. The van der Waals surface area contributed by atoms with Crippen LogP contribution in [0.15, 0.2) is 60.7 Å². The van der Waals surface area contributed by atoms with Crippen LogP contribution in [0.5, 0.6) is 5.75 Å². The van der Waals surface area contributed by atoms with Crippen LogP contribution >= 0.6 is 0 Å². The van der Waals surface area contributed by atoms with E-state index < -0.39 is 0 Å². The Balaban J connectivity index is 0.000000212. The Labute approximate surface area is 174 Å². The van der Waals surface area contributed by atoms with Gasteiger partial charge in [-0.2, -0.15) is 0 Å². The standard InChI is InChI=1S/C14H16N2.C11H17NO/c1-9-7-11(3-5-13(9)15)12-4-6-14(16)10(2)8-12;1-11(2,3)8-13-10-6-4-9(12)5-7-10/h3-8H,15-16H2,1-2H3;4-7H,8,12H2,1-3H3. The molecule has 3 rings (SSSR count). The molecule has 0 aromatic heterocycles. The largest absolute Gasteiger partial charge is 0.493 e. The fourth-order valence-corrected chi connectivity index (χ4v) is 2.57. The van der Waals surface area contributed by atoms with Gasteiger partial charge in [0.15, 0.2) is 0 Å². The molecule has 0 aliphatic rings. The molecule has 0 saturated carbocycles. The molecule has 3 aromatic carbocycles. The third kappa shape index (κ3) is 7.07. The summed E-state index contributed by atoms with van der Waals surface area (Å²) in [6, 6.07) is 19.6. The zero-order valence-corrected chi connectivity index (χ0v) is 18.1. The molecule has 4 heteroatoms. The second kappa shape index (κ2) is 9.37. The van der Waals surface area contributed by atoms with E-state index in [1.165, 1.54) is 11.1 Å². The fraction of sp³-hybridized carbons (Fsp3) is 0.280. The van der Waals surface area contributed by atoms with Gasteiger partial charge < -0.3 is 21.9 Å². The monoisotopic (exact) mass is 391 g/mol. The van der Waals surface area contributed by atoms with E-state index in [1.54, 1.807) is 0 Å². The van der Waals surface area contributed by atoms with Gasteiger partial charge >= 0.3 is 0 Å². The first-order valence-electron chi connectivity index (χ1n) is 9.76. The molecule has 154 valence electrons. The van der Waals surface area contributed by atoms with Gasteiger partial charge in [0.2, 0.25) is 0 Å². The molecular formula is C25H33N3O. The summed E-state index contributed by atoms with van der Waals surface area (Å²) in [6.45, 7) is 11.2. The number of aryl methyl sites for hydroxylation is 2. The van der Waals surface area contributed by atoms with Crippen LogP contribution < -0.4 is 21.9 Å². The maximum absolute atomic E-state index is 5.80. The highest BCUT2D eigenvalue weighted by atomic mass is 16.5. The number of hydrogen-bond acceptors (Lipinski definition) is 4. The number of anilines is 3. The quantitative estimate of drug-likeness (QED) is 0.490. The minimum absolute atomic E-state index is 0.196. The normalized spacial score (nSPS) is 10.8. The molecule has 6 N–H and O–H groups in total. The van der Waals surface area contributed by atoms with Gasteiger partial charge in [0, 0.05) is 17.1 Å². The van der Waals surface area contributed by atoms with E-state index in [0.717, 1.165) is 40.5 Å². The molecule has 0 spiro atoms. The van der Waals surface area contributed by atoms with E-state index in [9.17, 15) is 0 Å². The Morgan fingerprint density at radius 1 is 0.690 bits per heavy atom. The van der Waals surface area contributed by atoms with Crippen LogP contribution in [0.4, 0.5) is 17.1 Å². The maximum atomic E-state index is 5.80. The first kappa shape index (κ1) is 22.2. The summed E-state index contributed by atoms with van der Waals surface area (Å²) < 4.78 is 5.57. The van der Waals surface area contributed by atoms with Crippen LogP contribution in [0.2, 0.25) is 0 Å². The van der Waals surface area contributed by atoms with Crippen LogP contribution in [0, 0.1) is 19.3 Å². The molecule has 3 aromatic rings. The molecule has 0 fully saturated rings. The van der Waals surface area contributed by atoms with Crippen molar-refractivity contribution in [2.45, 2.75) is 34.6 Å². The van der Waals surface area contributed by atoms with E-state index in [1.807, 2.05) is 62.4 Å². The third-order valence-electron chi connectivity index (χ3n) is 4.42. The Hall–Kier alpha value is -3.14. The van der Waals surface area contributed by atoms with Crippen molar-refractivity contribution >= 4 is 17.1 Å². The van der Waals surface area contributed by atoms with Gasteiger partial charge in [-0.3, -0.25) is 0 Å². The summed E-state index contributed by atoms with van der Waals surface area (Å²) in [5.41, 5.74) is 24.3. The van der Waals surface area contributed by atoms with Gasteiger partial charge in [0.1, 0.15) is 5.75 Å². The highest BCUT2D eigenvalue weighted by Gasteiger charge is 2.10. The van der Waals surface area contributed by atoms with Crippen LogP contribution in [-0.2, 0) is 0 Å². The molecule has 0 saturated heterocycles. The molecule has 0 aliphatic heterocycles. The summed E-state index contributed by atoms with van der Waals surface area (Å²) in [7, 11) is 0. The van der Waals surface area contributed by atoms with Gasteiger partial charge in [-0.15, -0.1) is 0 Å². The van der Waals surface area contributed by atoms with Crippen LogP contribution in [0.25, 0.3) is 11.1 Å². The highest BCUT2D eigenvalue weighted by molar-refractivity contribution is 5.70. The number of hydrogen-bond donors (Lipinski definition) is 3. The van der Waals surface area contributed by atoms with Crippen molar-refractivity contribution in [3.05, 3.63) is 71.8 Å². The average Bonchev–Trinajstić information content (AvgIpc) is 2.66. The zero-order chi connectivity index (χ0) is 21.6. The fourth-order valence-electron chi connectivity index (χ4n) is 2.57. The van der Waals surface area contributed by atoms with Gasteiger partial charge in [-0.1, -0.05) is 32.9 Å². The summed E-state index contributed by atoms with van der Waals surface area (Å²) in [5, 5.41) is 0. The van der Waals surface area contributed by atoms with Gasteiger partial charge in [0.25, 0.3) is 0 Å². The molecule has 29 heavy (non-hydrogen) atoms. The molecule has 0 unspecified atom stereocenters. The Morgan fingerprint density at radius 2 is 1.14 bits per heavy atom. The third-order valence-corrected chi connectivity index (χ3v) is 4.42. The molecule has 0 heterocycles. The average molecular weight is 392 g/mol. The second-order valence-corrected chi connectivity index (χ2v) is 8.56. The number of nitrogen functional groups attached to an aromatic ring is 3. The second-order valence-electron chi connectivity index (χ2n) is 8.56. The molecular weight excluding hydrogens is 358 g/mol. The van der Waals surface area contributed by atoms with Crippen molar-refractivity contribution in [3.8, 4) is 16.9 Å². The first-order chi connectivity index (χ1) is 13.5. The predicted molar refractivity (Wildman–Crippen MR) is 126 cm³/mol. The summed E-state index contributed by atoms with van der Waals surface area (Å²) >= 11 is 0. The Morgan fingerprint density at radius 3 is 1.52 bits per heavy atom. The minimum Gasteiger partial charge on any atom is -0.493 e. The lowest BCUT2D eigenvalue weighted by atomic mass is 9.99. The molecule has 0 atom stereocenters. The molecule has 4 nitrogen and oxygen atoms in total. The lowest BCUT2D eigenvalue weighted by molar-refractivity contribution is 0.198. The van der Waals surface area contributed by atoms with Gasteiger partial charge in [-0.05, 0) is 90.0 Å². The summed E-state index contributed by atoms with van der Waals surface area (Å²) in [5.74, 6) is 0.879.